The van der Waals surface area contributed by atoms with Gasteiger partial charge in [0.05, 0.1) is 13.7 Å². The van der Waals surface area contributed by atoms with Gasteiger partial charge < -0.3 is 19.8 Å². The van der Waals surface area contributed by atoms with Crippen LogP contribution >= 0.6 is 0 Å². The fourth-order valence-electron chi connectivity index (χ4n) is 2.48. The average Bonchev–Trinajstić information content (AvgIpc) is 3.02. The van der Waals surface area contributed by atoms with E-state index in [1.807, 2.05) is 49.4 Å². The lowest BCUT2D eigenvalue weighted by molar-refractivity contribution is 0.0943. The minimum atomic E-state index is -0.137. The number of ether oxygens (including phenoxy) is 2. The van der Waals surface area contributed by atoms with Crippen LogP contribution in [0.5, 0.6) is 11.5 Å². The fraction of sp³-hybridized carbons (Fsp3) is 0.211. The summed E-state index contributed by atoms with van der Waals surface area (Å²) in [5.74, 6) is 1.39. The van der Waals surface area contributed by atoms with Crippen molar-refractivity contribution in [3.63, 3.8) is 0 Å². The van der Waals surface area contributed by atoms with E-state index in [2.05, 4.69) is 16.4 Å². The summed E-state index contributed by atoms with van der Waals surface area (Å²) in [6.07, 6.45) is 0. The van der Waals surface area contributed by atoms with E-state index in [0.717, 1.165) is 22.4 Å². The molecule has 0 saturated carbocycles. The van der Waals surface area contributed by atoms with Gasteiger partial charge in [0, 0.05) is 10.9 Å². The normalized spacial score (nSPS) is 10.6. The molecule has 0 fully saturated rings. The maximum Gasteiger partial charge on any atom is 0.267 e. The summed E-state index contributed by atoms with van der Waals surface area (Å²) in [6, 6.07) is 15.2. The van der Waals surface area contributed by atoms with Gasteiger partial charge in [-0.05, 0) is 49.4 Å². The van der Waals surface area contributed by atoms with Crippen molar-refractivity contribution in [1.82, 2.24) is 10.3 Å². The van der Waals surface area contributed by atoms with Crippen LogP contribution in [0.3, 0.4) is 0 Å². The molecule has 0 bridgehead atoms. The topological polar surface area (TPSA) is 63.4 Å². The number of carbonyl (C=O) groups excluding carboxylic acids is 1. The Morgan fingerprint density at radius 1 is 1.08 bits per heavy atom. The molecule has 0 aliphatic carbocycles. The monoisotopic (exact) mass is 324 g/mol. The van der Waals surface area contributed by atoms with Crippen LogP contribution in [0.2, 0.25) is 0 Å². The number of amides is 1. The third-order valence-corrected chi connectivity index (χ3v) is 3.74. The molecule has 0 radical (unpaired) electrons. The first-order valence-corrected chi connectivity index (χ1v) is 7.80. The summed E-state index contributed by atoms with van der Waals surface area (Å²) in [5.41, 5.74) is 2.68. The molecule has 5 heteroatoms. The van der Waals surface area contributed by atoms with Crippen LogP contribution in [0.15, 0.2) is 48.5 Å². The van der Waals surface area contributed by atoms with Crippen molar-refractivity contribution in [2.24, 2.45) is 0 Å². The minimum absolute atomic E-state index is 0.137. The molecule has 3 aromatic rings. The Bertz CT molecular complexity index is 837. The van der Waals surface area contributed by atoms with E-state index in [4.69, 9.17) is 9.47 Å². The van der Waals surface area contributed by atoms with Gasteiger partial charge in [0.2, 0.25) is 0 Å². The molecule has 2 N–H and O–H groups in total. The molecular formula is C19H20N2O3. The van der Waals surface area contributed by atoms with E-state index in [-0.39, 0.29) is 5.91 Å². The molecule has 0 spiro atoms. The minimum Gasteiger partial charge on any atom is -0.497 e. The zero-order valence-electron chi connectivity index (χ0n) is 13.8. The van der Waals surface area contributed by atoms with Gasteiger partial charge in [0.1, 0.15) is 23.8 Å². The highest BCUT2D eigenvalue weighted by molar-refractivity contribution is 5.98. The first-order valence-electron chi connectivity index (χ1n) is 7.80. The van der Waals surface area contributed by atoms with Crippen molar-refractivity contribution in [2.75, 3.05) is 20.3 Å². The number of rotatable bonds is 6. The molecule has 0 atom stereocenters. The number of hydrogen-bond acceptors (Lipinski definition) is 3. The number of aryl methyl sites for hydroxylation is 1. The van der Waals surface area contributed by atoms with Crippen molar-refractivity contribution in [2.45, 2.75) is 6.92 Å². The zero-order chi connectivity index (χ0) is 16.9. The molecule has 1 aromatic heterocycles. The number of nitrogens with one attached hydrogen (secondary N) is 2. The average molecular weight is 324 g/mol. The van der Waals surface area contributed by atoms with E-state index in [0.29, 0.717) is 18.8 Å². The third kappa shape index (κ3) is 3.68. The van der Waals surface area contributed by atoms with Crippen LogP contribution in [0.4, 0.5) is 0 Å². The Labute approximate surface area is 140 Å². The standard InChI is InChI=1S/C19H20N2O3/c1-13-3-8-17-14(11-13)12-18(21-17)19(22)20-9-10-24-16-6-4-15(23-2)5-7-16/h3-8,11-12,21H,9-10H2,1-2H3,(H,20,22). The van der Waals surface area contributed by atoms with Gasteiger partial charge in [0.15, 0.2) is 0 Å². The van der Waals surface area contributed by atoms with Crippen molar-refractivity contribution in [3.05, 3.63) is 59.8 Å². The van der Waals surface area contributed by atoms with Crippen molar-refractivity contribution >= 4 is 16.8 Å². The molecule has 1 amide bonds. The molecule has 0 aliphatic rings. The summed E-state index contributed by atoms with van der Waals surface area (Å²) in [7, 11) is 1.62. The predicted octanol–water partition coefficient (Wildman–Crippen LogP) is 3.29. The van der Waals surface area contributed by atoms with E-state index >= 15 is 0 Å². The van der Waals surface area contributed by atoms with E-state index in [1.54, 1.807) is 7.11 Å². The molecule has 3 rings (SSSR count). The fourth-order valence-corrected chi connectivity index (χ4v) is 2.48. The van der Waals surface area contributed by atoms with Crippen molar-refractivity contribution in [1.29, 1.82) is 0 Å². The number of methoxy groups -OCH3 is 1. The van der Waals surface area contributed by atoms with Gasteiger partial charge in [-0.3, -0.25) is 4.79 Å². The highest BCUT2D eigenvalue weighted by Crippen LogP contribution is 2.17. The van der Waals surface area contributed by atoms with Crippen LogP contribution in [0.1, 0.15) is 16.1 Å². The van der Waals surface area contributed by atoms with Gasteiger partial charge in [-0.15, -0.1) is 0 Å². The summed E-state index contributed by atoms with van der Waals surface area (Å²) in [5, 5.41) is 3.88. The van der Waals surface area contributed by atoms with Crippen molar-refractivity contribution in [3.8, 4) is 11.5 Å². The Morgan fingerprint density at radius 2 is 1.83 bits per heavy atom. The summed E-state index contributed by atoms with van der Waals surface area (Å²) >= 11 is 0. The maximum absolute atomic E-state index is 12.2. The molecule has 0 saturated heterocycles. The van der Waals surface area contributed by atoms with Crippen LogP contribution in [0, 0.1) is 6.92 Å². The molecular weight excluding hydrogens is 304 g/mol. The van der Waals surface area contributed by atoms with Crippen LogP contribution < -0.4 is 14.8 Å². The second-order valence-electron chi connectivity index (χ2n) is 5.55. The Morgan fingerprint density at radius 3 is 2.58 bits per heavy atom. The maximum atomic E-state index is 12.2. The second-order valence-corrected chi connectivity index (χ2v) is 5.55. The summed E-state index contributed by atoms with van der Waals surface area (Å²) in [6.45, 7) is 2.86. The molecule has 24 heavy (non-hydrogen) atoms. The van der Waals surface area contributed by atoms with Crippen LogP contribution in [-0.2, 0) is 0 Å². The lowest BCUT2D eigenvalue weighted by atomic mass is 10.2. The third-order valence-electron chi connectivity index (χ3n) is 3.74. The van der Waals surface area contributed by atoms with Gasteiger partial charge in [-0.25, -0.2) is 0 Å². The van der Waals surface area contributed by atoms with Crippen LogP contribution in [-0.4, -0.2) is 31.2 Å². The summed E-state index contributed by atoms with van der Waals surface area (Å²) in [4.78, 5) is 15.3. The lowest BCUT2D eigenvalue weighted by Gasteiger charge is -2.07. The number of carbonyl (C=O) groups is 1. The second kappa shape index (κ2) is 7.08. The SMILES string of the molecule is COc1ccc(OCCNC(=O)c2cc3cc(C)ccc3[nH]2)cc1. The quantitative estimate of drug-likeness (QED) is 0.684. The molecule has 5 nitrogen and oxygen atoms in total. The number of benzene rings is 2. The van der Waals surface area contributed by atoms with E-state index < -0.39 is 0 Å². The van der Waals surface area contributed by atoms with Gasteiger partial charge in [-0.2, -0.15) is 0 Å². The smallest absolute Gasteiger partial charge is 0.267 e. The molecule has 2 aromatic carbocycles. The molecule has 124 valence electrons. The Kier molecular flexibility index (Phi) is 4.70. The highest BCUT2D eigenvalue weighted by Gasteiger charge is 2.09. The largest absolute Gasteiger partial charge is 0.497 e. The van der Waals surface area contributed by atoms with Crippen molar-refractivity contribution < 1.29 is 14.3 Å². The first-order chi connectivity index (χ1) is 11.7. The molecule has 0 unspecified atom stereocenters. The number of aromatic nitrogens is 1. The molecule has 1 heterocycles. The first kappa shape index (κ1) is 15.9. The molecule has 0 aliphatic heterocycles. The van der Waals surface area contributed by atoms with Gasteiger partial charge in [0.25, 0.3) is 5.91 Å². The van der Waals surface area contributed by atoms with Gasteiger partial charge >= 0.3 is 0 Å². The van der Waals surface area contributed by atoms with Crippen LogP contribution in [0.25, 0.3) is 10.9 Å². The Balaban J connectivity index is 1.51. The number of fused-ring (bicyclic) bond motifs is 1. The van der Waals surface area contributed by atoms with E-state index in [1.165, 1.54) is 5.56 Å². The lowest BCUT2D eigenvalue weighted by Crippen LogP contribution is -2.28. The number of hydrogen-bond donors (Lipinski definition) is 2. The number of aromatic amines is 1. The Hall–Kier alpha value is -2.95. The van der Waals surface area contributed by atoms with E-state index in [9.17, 15) is 4.79 Å². The summed E-state index contributed by atoms with van der Waals surface area (Å²) < 4.78 is 10.7. The van der Waals surface area contributed by atoms with Gasteiger partial charge in [-0.1, -0.05) is 11.6 Å². The highest BCUT2D eigenvalue weighted by atomic mass is 16.5. The zero-order valence-corrected chi connectivity index (χ0v) is 13.8. The number of H-pyrrole nitrogens is 1. The predicted molar refractivity (Wildman–Crippen MR) is 93.9 cm³/mol.